The molecule has 0 N–H and O–H groups in total. The van der Waals surface area contributed by atoms with Crippen LogP contribution in [0.5, 0.6) is 0 Å². The molecule has 0 radical (unpaired) electrons. The van der Waals surface area contributed by atoms with Crippen molar-refractivity contribution in [3.63, 3.8) is 0 Å². The number of sulfone groups is 1. The van der Waals surface area contributed by atoms with E-state index in [1.165, 1.54) is 0 Å². The predicted octanol–water partition coefficient (Wildman–Crippen LogP) is 3.36. The summed E-state index contributed by atoms with van der Waals surface area (Å²) in [4.78, 5) is 20.3. The average molecular weight is 424 g/mol. The van der Waals surface area contributed by atoms with Crippen LogP contribution in [0.4, 0.5) is 5.82 Å². The van der Waals surface area contributed by atoms with Crippen LogP contribution >= 0.6 is 0 Å². The maximum atomic E-state index is 12.3. The number of hydrogen-bond donors (Lipinski definition) is 0. The maximum absolute atomic E-state index is 12.3. The molecule has 1 aliphatic rings. The first kappa shape index (κ1) is 20.3. The lowest BCUT2D eigenvalue weighted by atomic mass is 10.1. The second-order valence-corrected chi connectivity index (χ2v) is 9.63. The summed E-state index contributed by atoms with van der Waals surface area (Å²) in [7, 11) is -3.24. The quantitative estimate of drug-likeness (QED) is 0.569. The minimum Gasteiger partial charge on any atom is -0.353 e. The van der Waals surface area contributed by atoms with Crippen LogP contribution in [0.25, 0.3) is 22.0 Å². The van der Waals surface area contributed by atoms with Crippen molar-refractivity contribution in [2.75, 3.05) is 36.8 Å². The Morgan fingerprint density at radius 3 is 2.37 bits per heavy atom. The van der Waals surface area contributed by atoms with Gasteiger partial charge in [0, 0.05) is 37.1 Å². The first-order valence-electron chi connectivity index (χ1n) is 10.2. The molecule has 7 heteroatoms. The molecule has 2 heterocycles. The van der Waals surface area contributed by atoms with Crippen molar-refractivity contribution < 1.29 is 13.2 Å². The van der Waals surface area contributed by atoms with E-state index in [9.17, 15) is 13.2 Å². The van der Waals surface area contributed by atoms with Crippen molar-refractivity contribution in [2.45, 2.75) is 18.2 Å². The van der Waals surface area contributed by atoms with E-state index in [0.717, 1.165) is 47.3 Å². The van der Waals surface area contributed by atoms with Gasteiger partial charge in [-0.05, 0) is 30.0 Å². The van der Waals surface area contributed by atoms with Gasteiger partial charge in [0.15, 0.2) is 9.84 Å². The van der Waals surface area contributed by atoms with E-state index >= 15 is 0 Å². The Morgan fingerprint density at radius 1 is 1.00 bits per heavy atom. The van der Waals surface area contributed by atoms with Crippen LogP contribution in [0.15, 0.2) is 59.5 Å². The molecule has 0 spiro atoms. The Bertz CT molecular complexity index is 1150. The third-order valence-electron chi connectivity index (χ3n) is 5.47. The Kier molecular flexibility index (Phi) is 5.72. The molecule has 0 aliphatic carbocycles. The molecule has 1 aromatic heterocycles. The number of fused-ring (bicyclic) bond motifs is 1. The van der Waals surface area contributed by atoms with E-state index in [0.29, 0.717) is 24.4 Å². The third kappa shape index (κ3) is 4.03. The van der Waals surface area contributed by atoms with E-state index in [1.54, 1.807) is 17.0 Å². The number of benzene rings is 2. The zero-order valence-electron chi connectivity index (χ0n) is 17.0. The van der Waals surface area contributed by atoms with Crippen molar-refractivity contribution in [1.82, 2.24) is 9.88 Å². The normalized spacial score (nSPS) is 14.8. The summed E-state index contributed by atoms with van der Waals surface area (Å²) in [5.41, 5.74) is 1.69. The van der Waals surface area contributed by atoms with Crippen LogP contribution in [0.1, 0.15) is 13.3 Å². The lowest BCUT2D eigenvalue weighted by Gasteiger charge is -2.34. The minimum absolute atomic E-state index is 0.150. The van der Waals surface area contributed by atoms with Crippen molar-refractivity contribution in [3.8, 4) is 11.3 Å². The summed E-state index contributed by atoms with van der Waals surface area (Å²) in [6.45, 7) is 4.67. The van der Waals surface area contributed by atoms with Crippen molar-refractivity contribution in [1.29, 1.82) is 0 Å². The van der Waals surface area contributed by atoms with Gasteiger partial charge >= 0.3 is 0 Å². The summed E-state index contributed by atoms with van der Waals surface area (Å²) in [5, 5.41) is 2.15. The van der Waals surface area contributed by atoms with Crippen LogP contribution in [0.2, 0.25) is 0 Å². The Labute approximate surface area is 177 Å². The molecule has 156 valence electrons. The number of amides is 1. The van der Waals surface area contributed by atoms with Gasteiger partial charge in [-0.25, -0.2) is 13.4 Å². The maximum Gasteiger partial charge on any atom is 0.209 e. The zero-order valence-corrected chi connectivity index (χ0v) is 17.8. The van der Waals surface area contributed by atoms with Crippen molar-refractivity contribution >= 4 is 32.8 Å². The predicted molar refractivity (Wildman–Crippen MR) is 119 cm³/mol. The zero-order chi connectivity index (χ0) is 21.1. The second kappa shape index (κ2) is 8.44. The molecule has 6 nitrogen and oxygen atoms in total. The first-order chi connectivity index (χ1) is 14.5. The summed E-state index contributed by atoms with van der Waals surface area (Å²) >= 11 is 0. The van der Waals surface area contributed by atoms with E-state index < -0.39 is 9.84 Å². The molecule has 0 atom stereocenters. The molecule has 0 bridgehead atoms. The molecule has 1 aliphatic heterocycles. The van der Waals surface area contributed by atoms with Gasteiger partial charge in [0.2, 0.25) is 6.41 Å². The Hall–Kier alpha value is -2.93. The van der Waals surface area contributed by atoms with Crippen molar-refractivity contribution in [3.05, 3.63) is 54.6 Å². The van der Waals surface area contributed by atoms with Gasteiger partial charge in [-0.15, -0.1) is 0 Å². The molecule has 1 fully saturated rings. The number of aromatic nitrogens is 1. The lowest BCUT2D eigenvalue weighted by Crippen LogP contribution is -2.46. The van der Waals surface area contributed by atoms with Crippen LogP contribution in [0, 0.1) is 0 Å². The number of carbonyl (C=O) groups excluding carboxylic acids is 1. The van der Waals surface area contributed by atoms with Crippen LogP contribution in [0.3, 0.4) is 0 Å². The minimum atomic E-state index is -3.24. The van der Waals surface area contributed by atoms with Gasteiger partial charge in [0.1, 0.15) is 5.82 Å². The van der Waals surface area contributed by atoms with Gasteiger partial charge in [0.25, 0.3) is 0 Å². The molecule has 0 unspecified atom stereocenters. The fourth-order valence-electron chi connectivity index (χ4n) is 3.83. The highest BCUT2D eigenvalue weighted by molar-refractivity contribution is 7.91. The highest BCUT2D eigenvalue weighted by Gasteiger charge is 2.20. The third-order valence-corrected chi connectivity index (χ3v) is 7.40. The number of piperazine rings is 1. The number of pyridine rings is 1. The summed E-state index contributed by atoms with van der Waals surface area (Å²) in [6, 6.07) is 17.2. The molecule has 3 aromatic rings. The highest BCUT2D eigenvalue weighted by atomic mass is 32.2. The fraction of sp³-hybridized carbons (Fsp3) is 0.304. The van der Waals surface area contributed by atoms with Crippen LogP contribution < -0.4 is 4.90 Å². The number of carbonyl (C=O) groups is 1. The molecule has 2 aromatic carbocycles. The number of rotatable bonds is 6. The first-order valence-corrected chi connectivity index (χ1v) is 11.8. The monoisotopic (exact) mass is 423 g/mol. The average Bonchev–Trinajstić information content (AvgIpc) is 2.78. The number of anilines is 1. The standard InChI is InChI=1S/C23H25N3O3S/c1-2-15-30(28,29)20-9-7-18(8-10-20)22-16-19-5-3-4-6-21(19)23(24-22)26-13-11-25(17-27)12-14-26/h3-10,16-17H,2,11-15H2,1H3. The van der Waals surface area contributed by atoms with E-state index in [4.69, 9.17) is 4.98 Å². The molecule has 1 amide bonds. The van der Waals surface area contributed by atoms with Gasteiger partial charge in [-0.3, -0.25) is 4.79 Å². The van der Waals surface area contributed by atoms with Gasteiger partial charge in [-0.1, -0.05) is 43.3 Å². The fourth-order valence-corrected chi connectivity index (χ4v) is 5.15. The number of nitrogens with zero attached hydrogens (tertiary/aromatic N) is 3. The van der Waals surface area contributed by atoms with E-state index in [2.05, 4.69) is 17.0 Å². The second-order valence-electron chi connectivity index (χ2n) is 7.52. The molecule has 0 saturated carbocycles. The van der Waals surface area contributed by atoms with Gasteiger partial charge in [-0.2, -0.15) is 0 Å². The van der Waals surface area contributed by atoms with Crippen molar-refractivity contribution in [2.24, 2.45) is 0 Å². The molecule has 1 saturated heterocycles. The molecular formula is C23H25N3O3S. The molecule has 4 rings (SSSR count). The summed E-state index contributed by atoms with van der Waals surface area (Å²) in [5.74, 6) is 1.05. The molecule has 30 heavy (non-hydrogen) atoms. The number of hydrogen-bond acceptors (Lipinski definition) is 5. The molecular weight excluding hydrogens is 398 g/mol. The van der Waals surface area contributed by atoms with Crippen LogP contribution in [-0.2, 0) is 14.6 Å². The highest BCUT2D eigenvalue weighted by Crippen LogP contribution is 2.31. The smallest absolute Gasteiger partial charge is 0.209 e. The Morgan fingerprint density at radius 2 is 1.70 bits per heavy atom. The topological polar surface area (TPSA) is 70.6 Å². The van der Waals surface area contributed by atoms with Crippen LogP contribution in [-0.4, -0.2) is 56.6 Å². The summed E-state index contributed by atoms with van der Waals surface area (Å²) < 4.78 is 24.6. The van der Waals surface area contributed by atoms with Gasteiger partial charge < -0.3 is 9.80 Å². The summed E-state index contributed by atoms with van der Waals surface area (Å²) in [6.07, 6.45) is 1.49. The lowest BCUT2D eigenvalue weighted by molar-refractivity contribution is -0.118. The SMILES string of the molecule is CCCS(=O)(=O)c1ccc(-c2cc3ccccc3c(N3CCN(C=O)CC3)n2)cc1. The van der Waals surface area contributed by atoms with E-state index in [1.807, 2.05) is 37.3 Å². The van der Waals surface area contributed by atoms with Gasteiger partial charge in [0.05, 0.1) is 16.3 Å². The largest absolute Gasteiger partial charge is 0.353 e. The Balaban J connectivity index is 1.73. The van der Waals surface area contributed by atoms with E-state index in [-0.39, 0.29) is 5.75 Å².